The molecule has 98 valence electrons. The van der Waals surface area contributed by atoms with Gasteiger partial charge in [0.2, 0.25) is 0 Å². The van der Waals surface area contributed by atoms with Crippen LogP contribution in [0.2, 0.25) is 0 Å². The number of benzene rings is 1. The summed E-state index contributed by atoms with van der Waals surface area (Å²) in [5.41, 5.74) is 3.42. The number of carboxylic acids is 1. The van der Waals surface area contributed by atoms with Crippen molar-refractivity contribution in [3.8, 4) is 0 Å². The van der Waals surface area contributed by atoms with Crippen molar-refractivity contribution in [2.75, 3.05) is 0 Å². The minimum absolute atomic E-state index is 0.313. The largest absolute Gasteiger partial charge is 0.478 e. The third-order valence-electron chi connectivity index (χ3n) is 2.91. The molecule has 1 heterocycles. The average molecular weight is 256 g/mol. The number of pyridine rings is 1. The van der Waals surface area contributed by atoms with E-state index >= 15 is 0 Å². The van der Waals surface area contributed by atoms with Crippen LogP contribution in [-0.2, 0) is 13.1 Å². The molecule has 0 aliphatic carbocycles. The van der Waals surface area contributed by atoms with Crippen LogP contribution in [0.15, 0.2) is 42.6 Å². The highest BCUT2D eigenvalue weighted by atomic mass is 16.4. The van der Waals surface area contributed by atoms with Crippen LogP contribution < -0.4 is 5.32 Å². The fourth-order valence-electron chi connectivity index (χ4n) is 1.84. The van der Waals surface area contributed by atoms with Gasteiger partial charge >= 0.3 is 5.97 Å². The molecule has 0 aliphatic heterocycles. The van der Waals surface area contributed by atoms with E-state index in [1.165, 1.54) is 0 Å². The van der Waals surface area contributed by atoms with Gasteiger partial charge in [0, 0.05) is 19.3 Å². The van der Waals surface area contributed by atoms with Crippen molar-refractivity contribution < 1.29 is 9.90 Å². The van der Waals surface area contributed by atoms with Crippen molar-refractivity contribution in [2.45, 2.75) is 20.0 Å². The number of aromatic nitrogens is 1. The van der Waals surface area contributed by atoms with Gasteiger partial charge in [-0.15, -0.1) is 0 Å². The molecule has 2 rings (SSSR count). The molecule has 0 unspecified atom stereocenters. The highest BCUT2D eigenvalue weighted by Crippen LogP contribution is 2.06. The van der Waals surface area contributed by atoms with E-state index in [-0.39, 0.29) is 0 Å². The molecule has 0 aliphatic rings. The summed E-state index contributed by atoms with van der Waals surface area (Å²) in [6.07, 6.45) is 1.77. The Balaban J connectivity index is 1.94. The number of carboxylic acid groups (broad SMARTS) is 1. The molecule has 4 nitrogen and oxygen atoms in total. The quantitative estimate of drug-likeness (QED) is 0.862. The minimum atomic E-state index is -0.901. The van der Waals surface area contributed by atoms with Crippen LogP contribution in [0.1, 0.15) is 27.2 Å². The predicted molar refractivity (Wildman–Crippen MR) is 72.9 cm³/mol. The van der Waals surface area contributed by atoms with Gasteiger partial charge in [-0.1, -0.05) is 18.2 Å². The average Bonchev–Trinajstić information content (AvgIpc) is 2.41. The molecule has 2 aromatic rings. The molecule has 4 heteroatoms. The van der Waals surface area contributed by atoms with E-state index in [2.05, 4.69) is 10.3 Å². The lowest BCUT2D eigenvalue weighted by atomic mass is 10.1. The van der Waals surface area contributed by atoms with E-state index < -0.39 is 5.97 Å². The summed E-state index contributed by atoms with van der Waals surface area (Å²) in [6, 6.07) is 10.9. The van der Waals surface area contributed by atoms with Crippen LogP contribution in [-0.4, -0.2) is 16.1 Å². The van der Waals surface area contributed by atoms with E-state index in [0.29, 0.717) is 18.7 Å². The van der Waals surface area contributed by atoms with Gasteiger partial charge < -0.3 is 10.4 Å². The Hall–Kier alpha value is -2.20. The van der Waals surface area contributed by atoms with Crippen molar-refractivity contribution in [1.29, 1.82) is 0 Å². The lowest BCUT2D eigenvalue weighted by molar-refractivity contribution is 0.0696. The molecule has 0 radical (unpaired) electrons. The number of aryl methyl sites for hydroxylation is 1. The van der Waals surface area contributed by atoms with Crippen LogP contribution in [0, 0.1) is 6.92 Å². The first kappa shape index (κ1) is 13.2. The lowest BCUT2D eigenvalue weighted by Crippen LogP contribution is -2.14. The third kappa shape index (κ3) is 3.63. The van der Waals surface area contributed by atoms with Crippen molar-refractivity contribution in [3.63, 3.8) is 0 Å². The molecular weight excluding hydrogens is 240 g/mol. The van der Waals surface area contributed by atoms with Gasteiger partial charge in [-0.2, -0.15) is 0 Å². The molecule has 1 aromatic carbocycles. The van der Waals surface area contributed by atoms with Gasteiger partial charge in [-0.25, -0.2) is 4.79 Å². The van der Waals surface area contributed by atoms with Crippen molar-refractivity contribution in [2.24, 2.45) is 0 Å². The zero-order valence-electron chi connectivity index (χ0n) is 10.8. The summed E-state index contributed by atoms with van der Waals surface area (Å²) in [5, 5.41) is 12.2. The second kappa shape index (κ2) is 6.11. The Bertz CT molecular complexity index is 582. The first-order chi connectivity index (χ1) is 9.16. The second-order valence-corrected chi connectivity index (χ2v) is 4.38. The Morgan fingerprint density at radius 2 is 2.11 bits per heavy atom. The van der Waals surface area contributed by atoms with Crippen LogP contribution in [0.25, 0.3) is 0 Å². The first-order valence-corrected chi connectivity index (χ1v) is 6.10. The Morgan fingerprint density at radius 3 is 2.84 bits per heavy atom. The SMILES string of the molecule is Cc1cccnc1CNCc1cccc(C(=O)O)c1. The standard InChI is InChI=1S/C15H16N2O2/c1-11-4-3-7-17-14(11)10-16-9-12-5-2-6-13(8-12)15(18)19/h2-8,16H,9-10H2,1H3,(H,18,19). The van der Waals surface area contributed by atoms with Crippen molar-refractivity contribution in [1.82, 2.24) is 10.3 Å². The maximum absolute atomic E-state index is 10.9. The number of rotatable bonds is 5. The highest BCUT2D eigenvalue weighted by molar-refractivity contribution is 5.87. The summed E-state index contributed by atoms with van der Waals surface area (Å²) in [4.78, 5) is 15.2. The van der Waals surface area contributed by atoms with Gasteiger partial charge in [0.25, 0.3) is 0 Å². The molecule has 0 fully saturated rings. The van der Waals surface area contributed by atoms with Crippen LogP contribution in [0.5, 0.6) is 0 Å². The number of nitrogens with one attached hydrogen (secondary N) is 1. The third-order valence-corrected chi connectivity index (χ3v) is 2.91. The maximum atomic E-state index is 10.9. The molecule has 0 saturated carbocycles. The lowest BCUT2D eigenvalue weighted by Gasteiger charge is -2.07. The zero-order chi connectivity index (χ0) is 13.7. The minimum Gasteiger partial charge on any atom is -0.478 e. The van der Waals surface area contributed by atoms with E-state index in [0.717, 1.165) is 16.8 Å². The monoisotopic (exact) mass is 256 g/mol. The number of carbonyl (C=O) groups is 1. The first-order valence-electron chi connectivity index (χ1n) is 6.10. The predicted octanol–water partition coefficient (Wildman–Crippen LogP) is 2.38. The topological polar surface area (TPSA) is 62.2 Å². The fraction of sp³-hybridized carbons (Fsp3) is 0.200. The van der Waals surface area contributed by atoms with Gasteiger partial charge in [0.05, 0.1) is 11.3 Å². The fourth-order valence-corrected chi connectivity index (χ4v) is 1.84. The Morgan fingerprint density at radius 1 is 1.26 bits per heavy atom. The zero-order valence-corrected chi connectivity index (χ0v) is 10.8. The van der Waals surface area contributed by atoms with Gasteiger partial charge in [-0.3, -0.25) is 4.98 Å². The van der Waals surface area contributed by atoms with Crippen LogP contribution >= 0.6 is 0 Å². The molecule has 0 amide bonds. The van der Waals surface area contributed by atoms with E-state index in [1.807, 2.05) is 25.1 Å². The van der Waals surface area contributed by atoms with Crippen LogP contribution in [0.3, 0.4) is 0 Å². The highest BCUT2D eigenvalue weighted by Gasteiger charge is 2.03. The van der Waals surface area contributed by atoms with Gasteiger partial charge in [0.1, 0.15) is 0 Å². The number of nitrogens with zero attached hydrogens (tertiary/aromatic N) is 1. The molecular formula is C15H16N2O2. The van der Waals surface area contributed by atoms with Gasteiger partial charge in [0.15, 0.2) is 0 Å². The summed E-state index contributed by atoms with van der Waals surface area (Å²) >= 11 is 0. The molecule has 0 atom stereocenters. The second-order valence-electron chi connectivity index (χ2n) is 4.38. The number of aromatic carboxylic acids is 1. The molecule has 0 spiro atoms. The van der Waals surface area contributed by atoms with Crippen molar-refractivity contribution >= 4 is 5.97 Å². The summed E-state index contributed by atoms with van der Waals surface area (Å²) in [5.74, 6) is -0.901. The van der Waals surface area contributed by atoms with E-state index in [9.17, 15) is 4.79 Å². The number of hydrogen-bond acceptors (Lipinski definition) is 3. The summed E-state index contributed by atoms with van der Waals surface area (Å²) < 4.78 is 0. The molecule has 0 saturated heterocycles. The van der Waals surface area contributed by atoms with Crippen molar-refractivity contribution in [3.05, 3.63) is 65.0 Å². The molecule has 19 heavy (non-hydrogen) atoms. The van der Waals surface area contributed by atoms with Gasteiger partial charge in [-0.05, 0) is 36.2 Å². The number of hydrogen-bond donors (Lipinski definition) is 2. The molecule has 1 aromatic heterocycles. The summed E-state index contributed by atoms with van der Waals surface area (Å²) in [7, 11) is 0. The molecule has 2 N–H and O–H groups in total. The van der Waals surface area contributed by atoms with E-state index in [1.54, 1.807) is 24.4 Å². The Kier molecular flexibility index (Phi) is 4.26. The summed E-state index contributed by atoms with van der Waals surface area (Å²) in [6.45, 7) is 3.32. The Labute approximate surface area is 112 Å². The normalized spacial score (nSPS) is 10.4. The van der Waals surface area contributed by atoms with E-state index in [4.69, 9.17) is 5.11 Å². The smallest absolute Gasteiger partial charge is 0.335 e. The molecule has 0 bridgehead atoms. The maximum Gasteiger partial charge on any atom is 0.335 e. The van der Waals surface area contributed by atoms with Crippen LogP contribution in [0.4, 0.5) is 0 Å².